The second-order valence-electron chi connectivity index (χ2n) is 6.93. The molecule has 9 nitrogen and oxygen atoms in total. The number of hydrogen-bond donors (Lipinski definition) is 1. The normalized spacial score (nSPS) is 10.5. The molecule has 0 aliphatic heterocycles. The maximum Gasteiger partial charge on any atom is 0.342 e. The molecule has 0 fully saturated rings. The zero-order valence-corrected chi connectivity index (χ0v) is 18.1. The van der Waals surface area contributed by atoms with Crippen LogP contribution in [0.4, 0.5) is 5.69 Å². The Hall–Kier alpha value is -3.49. The number of unbranched alkanes of at least 4 members (excludes halogenated alkanes) is 2. The Balaban J connectivity index is 1.85. The summed E-state index contributed by atoms with van der Waals surface area (Å²) < 4.78 is 21.9. The molecular weight excluding hydrogens is 406 g/mol. The summed E-state index contributed by atoms with van der Waals surface area (Å²) in [7, 11) is 2.95. The van der Waals surface area contributed by atoms with E-state index in [1.54, 1.807) is 7.11 Å². The van der Waals surface area contributed by atoms with Gasteiger partial charge in [-0.1, -0.05) is 0 Å². The molecule has 31 heavy (non-hydrogen) atoms. The predicted molar refractivity (Wildman–Crippen MR) is 114 cm³/mol. The van der Waals surface area contributed by atoms with Gasteiger partial charge in [0.25, 0.3) is 5.69 Å². The Kier molecular flexibility index (Phi) is 8.48. The average Bonchev–Trinajstić information content (AvgIpc) is 2.74. The van der Waals surface area contributed by atoms with Gasteiger partial charge in [0.1, 0.15) is 5.56 Å². The van der Waals surface area contributed by atoms with E-state index in [-0.39, 0.29) is 11.5 Å². The minimum absolute atomic E-state index is 0.133. The monoisotopic (exact) mass is 433 g/mol. The van der Waals surface area contributed by atoms with Crippen molar-refractivity contribution in [2.24, 2.45) is 0 Å². The Morgan fingerprint density at radius 1 is 0.871 bits per heavy atom. The highest BCUT2D eigenvalue weighted by atomic mass is 16.6. The molecule has 2 aromatic carbocycles. The van der Waals surface area contributed by atoms with Crippen molar-refractivity contribution in [2.75, 3.05) is 27.4 Å². The van der Waals surface area contributed by atoms with Gasteiger partial charge < -0.3 is 24.1 Å². The maximum atomic E-state index is 11.2. The Morgan fingerprint density at radius 3 is 1.84 bits per heavy atom. The summed E-state index contributed by atoms with van der Waals surface area (Å²) in [6.45, 7) is 4.84. The first-order valence-corrected chi connectivity index (χ1v) is 9.79. The number of methoxy groups -OCH3 is 2. The van der Waals surface area contributed by atoms with E-state index in [9.17, 15) is 14.9 Å². The van der Waals surface area contributed by atoms with Gasteiger partial charge in [0.05, 0.1) is 38.4 Å². The van der Waals surface area contributed by atoms with Crippen molar-refractivity contribution in [3.05, 3.63) is 51.1 Å². The number of aromatic carboxylic acids is 1. The van der Waals surface area contributed by atoms with Crippen molar-refractivity contribution in [1.82, 2.24) is 0 Å². The zero-order chi connectivity index (χ0) is 23.0. The SMILES string of the molecule is COc1cc(C)c(C)cc1OCCCCCOc1cc([N+](=O)[O-])c(C(=O)O)cc1OC. The van der Waals surface area contributed by atoms with Gasteiger partial charge in [-0.15, -0.1) is 0 Å². The molecule has 0 amide bonds. The Morgan fingerprint density at radius 2 is 1.35 bits per heavy atom. The van der Waals surface area contributed by atoms with Crippen LogP contribution in [-0.4, -0.2) is 43.4 Å². The molecule has 0 heterocycles. The van der Waals surface area contributed by atoms with Crippen molar-refractivity contribution in [1.29, 1.82) is 0 Å². The highest BCUT2D eigenvalue weighted by Gasteiger charge is 2.24. The number of nitro groups is 1. The summed E-state index contributed by atoms with van der Waals surface area (Å²) in [5, 5.41) is 20.3. The van der Waals surface area contributed by atoms with Crippen LogP contribution in [0.5, 0.6) is 23.0 Å². The molecule has 0 saturated carbocycles. The van der Waals surface area contributed by atoms with Crippen LogP contribution in [0.1, 0.15) is 40.7 Å². The molecule has 2 aromatic rings. The van der Waals surface area contributed by atoms with Gasteiger partial charge in [0.15, 0.2) is 23.0 Å². The molecule has 168 valence electrons. The van der Waals surface area contributed by atoms with E-state index in [0.717, 1.165) is 36.1 Å². The van der Waals surface area contributed by atoms with Crippen LogP contribution in [0, 0.1) is 24.0 Å². The topological polar surface area (TPSA) is 117 Å². The fraction of sp³-hybridized carbons (Fsp3) is 0.409. The van der Waals surface area contributed by atoms with Gasteiger partial charge in [-0.25, -0.2) is 4.79 Å². The van der Waals surface area contributed by atoms with E-state index < -0.39 is 22.1 Å². The van der Waals surface area contributed by atoms with Crippen molar-refractivity contribution in [3.63, 3.8) is 0 Å². The van der Waals surface area contributed by atoms with Crippen LogP contribution in [0.2, 0.25) is 0 Å². The number of nitro benzene ring substituents is 1. The van der Waals surface area contributed by atoms with E-state index in [1.807, 2.05) is 26.0 Å². The number of ether oxygens (including phenoxy) is 4. The number of aryl methyl sites for hydroxylation is 2. The lowest BCUT2D eigenvalue weighted by Crippen LogP contribution is -2.06. The number of rotatable bonds is 12. The van der Waals surface area contributed by atoms with Crippen LogP contribution in [-0.2, 0) is 0 Å². The van der Waals surface area contributed by atoms with Gasteiger partial charge in [-0.3, -0.25) is 10.1 Å². The lowest BCUT2D eigenvalue weighted by Gasteiger charge is -2.13. The Labute approximate surface area is 180 Å². The van der Waals surface area contributed by atoms with Gasteiger partial charge >= 0.3 is 5.97 Å². The molecule has 0 atom stereocenters. The van der Waals surface area contributed by atoms with Crippen LogP contribution in [0.15, 0.2) is 24.3 Å². The summed E-state index contributed by atoms with van der Waals surface area (Å²) in [6, 6.07) is 6.08. The van der Waals surface area contributed by atoms with Gasteiger partial charge in [-0.05, 0) is 56.4 Å². The number of carbonyl (C=O) groups is 1. The molecule has 2 rings (SSSR count). The van der Waals surface area contributed by atoms with Crippen molar-refractivity contribution >= 4 is 11.7 Å². The summed E-state index contributed by atoms with van der Waals surface area (Å²) in [6.07, 6.45) is 2.28. The van der Waals surface area contributed by atoms with Crippen LogP contribution < -0.4 is 18.9 Å². The molecule has 0 radical (unpaired) electrons. The maximum absolute atomic E-state index is 11.2. The first-order valence-electron chi connectivity index (χ1n) is 9.79. The smallest absolute Gasteiger partial charge is 0.342 e. The van der Waals surface area contributed by atoms with E-state index >= 15 is 0 Å². The molecule has 0 saturated heterocycles. The third kappa shape index (κ3) is 6.24. The highest BCUT2D eigenvalue weighted by Crippen LogP contribution is 2.35. The third-order valence-electron chi connectivity index (χ3n) is 4.79. The predicted octanol–water partition coefficient (Wildman–Crippen LogP) is 4.56. The lowest BCUT2D eigenvalue weighted by atomic mass is 10.1. The minimum atomic E-state index is -1.41. The summed E-state index contributed by atoms with van der Waals surface area (Å²) in [5.41, 5.74) is 1.27. The quantitative estimate of drug-likeness (QED) is 0.294. The summed E-state index contributed by atoms with van der Waals surface area (Å²) in [4.78, 5) is 21.6. The van der Waals surface area contributed by atoms with Gasteiger partial charge in [0.2, 0.25) is 0 Å². The number of carboxylic acid groups (broad SMARTS) is 1. The molecule has 9 heteroatoms. The van der Waals surface area contributed by atoms with Crippen molar-refractivity contribution in [2.45, 2.75) is 33.1 Å². The largest absolute Gasteiger partial charge is 0.493 e. The molecule has 0 aromatic heterocycles. The third-order valence-corrected chi connectivity index (χ3v) is 4.79. The van der Waals surface area contributed by atoms with E-state index in [1.165, 1.54) is 7.11 Å². The van der Waals surface area contributed by atoms with Crippen LogP contribution in [0.25, 0.3) is 0 Å². The Bertz CT molecular complexity index is 942. The standard InChI is InChI=1S/C22H27NO8/c1-14-10-18(28-3)20(11-15(14)2)30-8-6-5-7-9-31-21-13-17(23(26)27)16(22(24)25)12-19(21)29-4/h10-13H,5-9H2,1-4H3,(H,24,25). The first kappa shape index (κ1) is 23.8. The zero-order valence-electron chi connectivity index (χ0n) is 18.1. The molecule has 0 aliphatic carbocycles. The first-order chi connectivity index (χ1) is 14.8. The molecule has 0 unspecified atom stereocenters. The van der Waals surface area contributed by atoms with Gasteiger partial charge in [-0.2, -0.15) is 0 Å². The minimum Gasteiger partial charge on any atom is -0.493 e. The molecule has 0 bridgehead atoms. The highest BCUT2D eigenvalue weighted by molar-refractivity contribution is 5.93. The van der Waals surface area contributed by atoms with Gasteiger partial charge in [0, 0.05) is 6.07 Å². The molecular formula is C22H27NO8. The summed E-state index contributed by atoms with van der Waals surface area (Å²) >= 11 is 0. The summed E-state index contributed by atoms with van der Waals surface area (Å²) in [5.74, 6) is 0.266. The number of hydrogen-bond acceptors (Lipinski definition) is 7. The van der Waals surface area contributed by atoms with Crippen LogP contribution in [0.3, 0.4) is 0 Å². The number of carboxylic acids is 1. The lowest BCUT2D eigenvalue weighted by molar-refractivity contribution is -0.385. The van der Waals surface area contributed by atoms with Crippen LogP contribution >= 0.6 is 0 Å². The van der Waals surface area contributed by atoms with Crippen molar-refractivity contribution in [3.8, 4) is 23.0 Å². The second-order valence-corrected chi connectivity index (χ2v) is 6.93. The average molecular weight is 433 g/mol. The van der Waals surface area contributed by atoms with E-state index in [2.05, 4.69) is 0 Å². The van der Waals surface area contributed by atoms with E-state index in [0.29, 0.717) is 31.1 Å². The van der Waals surface area contributed by atoms with E-state index in [4.69, 9.17) is 24.1 Å². The molecule has 1 N–H and O–H groups in total. The number of benzene rings is 2. The molecule has 0 aliphatic rings. The van der Waals surface area contributed by atoms with Crippen molar-refractivity contribution < 1.29 is 33.8 Å². The fourth-order valence-electron chi connectivity index (χ4n) is 2.92. The fourth-order valence-corrected chi connectivity index (χ4v) is 2.92. The number of nitrogens with zero attached hydrogens (tertiary/aromatic N) is 1. The molecule has 0 spiro atoms. The second kappa shape index (κ2) is 11.1.